The first kappa shape index (κ1) is 18.9. The Bertz CT molecular complexity index is 1140. The van der Waals surface area contributed by atoms with E-state index in [1.807, 2.05) is 93.6 Å². The third kappa shape index (κ3) is 3.90. The van der Waals surface area contributed by atoms with Gasteiger partial charge in [0.05, 0.1) is 0 Å². The van der Waals surface area contributed by atoms with Crippen molar-refractivity contribution in [3.63, 3.8) is 0 Å². The minimum absolute atomic E-state index is 0.166. The Morgan fingerprint density at radius 3 is 2.38 bits per heavy atom. The molecule has 1 aromatic heterocycles. The summed E-state index contributed by atoms with van der Waals surface area (Å²) in [6.45, 7) is 6.11. The first-order valence-corrected chi connectivity index (χ1v) is 9.61. The van der Waals surface area contributed by atoms with Crippen LogP contribution < -0.4 is 5.32 Å². The van der Waals surface area contributed by atoms with Crippen LogP contribution in [0.2, 0.25) is 0 Å². The summed E-state index contributed by atoms with van der Waals surface area (Å²) in [6.07, 6.45) is 0. The fourth-order valence-electron chi connectivity index (χ4n) is 3.34. The molecule has 4 rings (SSSR count). The molecule has 1 amide bonds. The summed E-state index contributed by atoms with van der Waals surface area (Å²) in [4.78, 5) is 17.7. The van der Waals surface area contributed by atoms with Crippen molar-refractivity contribution in [2.24, 2.45) is 5.41 Å². The number of fused-ring (bicyclic) bond motifs is 1. The molecule has 5 nitrogen and oxygen atoms in total. The predicted octanol–water partition coefficient (Wildman–Crippen LogP) is 5.41. The van der Waals surface area contributed by atoms with Gasteiger partial charge in [0.2, 0.25) is 11.7 Å². The fraction of sp³-hybridized carbons (Fsp3) is 0.208. The van der Waals surface area contributed by atoms with Crippen LogP contribution in [0.25, 0.3) is 22.2 Å². The summed E-state index contributed by atoms with van der Waals surface area (Å²) >= 11 is 0. The lowest BCUT2D eigenvalue weighted by atomic mass is 9.86. The number of aromatic nitrogens is 2. The van der Waals surface area contributed by atoms with Gasteiger partial charge in [-0.3, -0.25) is 4.79 Å². The molecule has 4 aromatic rings. The largest absolute Gasteiger partial charge is 0.340 e. The highest BCUT2D eigenvalue weighted by Gasteiger charge is 2.33. The number of nitrogens with zero attached hydrogens (tertiary/aromatic N) is 2. The Morgan fingerprint density at radius 1 is 0.931 bits per heavy atom. The molecule has 146 valence electrons. The summed E-state index contributed by atoms with van der Waals surface area (Å²) in [6, 6.07) is 22.8. The third-order valence-corrected chi connectivity index (χ3v) is 4.90. The molecule has 5 heteroatoms. The van der Waals surface area contributed by atoms with Crippen LogP contribution in [0.1, 0.15) is 43.1 Å². The molecule has 0 aliphatic carbocycles. The topological polar surface area (TPSA) is 68.0 Å². The van der Waals surface area contributed by atoms with Crippen LogP contribution in [0.3, 0.4) is 0 Å². The third-order valence-electron chi connectivity index (χ3n) is 4.90. The highest BCUT2D eigenvalue weighted by molar-refractivity contribution is 6.07. The molecule has 1 heterocycles. The molecule has 0 saturated heterocycles. The van der Waals surface area contributed by atoms with E-state index < -0.39 is 6.04 Å². The smallest absolute Gasteiger partial charge is 0.252 e. The molecule has 0 saturated carbocycles. The van der Waals surface area contributed by atoms with E-state index in [2.05, 4.69) is 15.5 Å². The second-order valence-corrected chi connectivity index (χ2v) is 8.12. The zero-order chi connectivity index (χ0) is 20.4. The highest BCUT2D eigenvalue weighted by Crippen LogP contribution is 2.33. The van der Waals surface area contributed by atoms with Crippen LogP contribution in [-0.2, 0) is 0 Å². The Kier molecular flexibility index (Phi) is 4.89. The Balaban J connectivity index is 1.66. The van der Waals surface area contributed by atoms with Gasteiger partial charge in [0.15, 0.2) is 0 Å². The Labute approximate surface area is 169 Å². The summed E-state index contributed by atoms with van der Waals surface area (Å²) in [5, 5.41) is 9.16. The average molecular weight is 385 g/mol. The zero-order valence-electron chi connectivity index (χ0n) is 16.7. The van der Waals surface area contributed by atoms with Gasteiger partial charge in [-0.2, -0.15) is 4.98 Å². The van der Waals surface area contributed by atoms with Gasteiger partial charge >= 0.3 is 0 Å². The number of carbonyl (C=O) groups is 1. The summed E-state index contributed by atoms with van der Waals surface area (Å²) in [5.41, 5.74) is 1.18. The lowest BCUT2D eigenvalue weighted by Gasteiger charge is -2.28. The number of hydrogen-bond acceptors (Lipinski definition) is 4. The molecule has 1 N–H and O–H groups in total. The Morgan fingerprint density at radius 2 is 1.62 bits per heavy atom. The van der Waals surface area contributed by atoms with Crippen molar-refractivity contribution in [3.8, 4) is 11.4 Å². The molecule has 0 bridgehead atoms. The maximum absolute atomic E-state index is 13.2. The molecule has 0 unspecified atom stereocenters. The fourth-order valence-corrected chi connectivity index (χ4v) is 3.34. The summed E-state index contributed by atoms with van der Waals surface area (Å²) < 4.78 is 5.56. The first-order chi connectivity index (χ1) is 13.9. The van der Waals surface area contributed by atoms with Crippen molar-refractivity contribution < 1.29 is 9.32 Å². The SMILES string of the molecule is CC(C)(C)[C@H](NC(=O)c1cccc2ccccc12)c1nc(-c2ccccc2)no1. The molecule has 0 spiro atoms. The molecule has 3 aromatic carbocycles. The van der Waals surface area contributed by atoms with E-state index in [1.165, 1.54) is 0 Å². The van der Waals surface area contributed by atoms with Gasteiger partial charge in [-0.15, -0.1) is 0 Å². The van der Waals surface area contributed by atoms with Crippen LogP contribution in [-0.4, -0.2) is 16.0 Å². The van der Waals surface area contributed by atoms with Crippen molar-refractivity contribution in [1.29, 1.82) is 0 Å². The van der Waals surface area contributed by atoms with Crippen LogP contribution in [0.15, 0.2) is 77.3 Å². The number of rotatable bonds is 4. The van der Waals surface area contributed by atoms with Crippen molar-refractivity contribution in [3.05, 3.63) is 84.3 Å². The number of hydrogen-bond donors (Lipinski definition) is 1. The predicted molar refractivity (Wildman–Crippen MR) is 113 cm³/mol. The normalized spacial score (nSPS) is 12.7. The van der Waals surface area contributed by atoms with Gasteiger partial charge in [-0.25, -0.2) is 0 Å². The molecule has 1 atom stereocenters. The van der Waals surface area contributed by atoms with Crippen molar-refractivity contribution >= 4 is 16.7 Å². The lowest BCUT2D eigenvalue weighted by molar-refractivity contribution is 0.0882. The quantitative estimate of drug-likeness (QED) is 0.510. The Hall–Kier alpha value is -3.47. The van der Waals surface area contributed by atoms with E-state index >= 15 is 0 Å². The van der Waals surface area contributed by atoms with E-state index in [9.17, 15) is 4.79 Å². The van der Waals surface area contributed by atoms with Gasteiger partial charge in [-0.05, 0) is 22.3 Å². The minimum atomic E-state index is -0.432. The van der Waals surface area contributed by atoms with Gasteiger partial charge in [-0.1, -0.05) is 92.7 Å². The average Bonchev–Trinajstić information content (AvgIpc) is 3.21. The number of nitrogens with one attached hydrogen (secondary N) is 1. The van der Waals surface area contributed by atoms with Crippen LogP contribution in [0.4, 0.5) is 0 Å². The van der Waals surface area contributed by atoms with E-state index in [-0.39, 0.29) is 11.3 Å². The molecule has 0 aliphatic heterocycles. The highest BCUT2D eigenvalue weighted by atomic mass is 16.5. The molecule has 0 fully saturated rings. The zero-order valence-corrected chi connectivity index (χ0v) is 16.7. The summed E-state index contributed by atoms with van der Waals surface area (Å²) in [7, 11) is 0. The molecular formula is C24H23N3O2. The van der Waals surface area contributed by atoms with E-state index in [0.717, 1.165) is 16.3 Å². The van der Waals surface area contributed by atoms with E-state index in [4.69, 9.17) is 4.52 Å². The van der Waals surface area contributed by atoms with Crippen molar-refractivity contribution in [1.82, 2.24) is 15.5 Å². The van der Waals surface area contributed by atoms with E-state index in [1.54, 1.807) is 0 Å². The van der Waals surface area contributed by atoms with Gasteiger partial charge in [0.25, 0.3) is 5.91 Å². The first-order valence-electron chi connectivity index (χ1n) is 9.61. The molecule has 29 heavy (non-hydrogen) atoms. The molecule has 0 radical (unpaired) electrons. The molecule has 0 aliphatic rings. The second-order valence-electron chi connectivity index (χ2n) is 8.12. The van der Waals surface area contributed by atoms with Crippen molar-refractivity contribution in [2.45, 2.75) is 26.8 Å². The maximum Gasteiger partial charge on any atom is 0.252 e. The van der Waals surface area contributed by atoms with Crippen LogP contribution >= 0.6 is 0 Å². The lowest BCUT2D eigenvalue weighted by Crippen LogP contribution is -2.37. The number of amides is 1. The monoisotopic (exact) mass is 385 g/mol. The second kappa shape index (κ2) is 7.51. The van der Waals surface area contributed by atoms with Crippen molar-refractivity contribution in [2.75, 3.05) is 0 Å². The van der Waals surface area contributed by atoms with E-state index in [0.29, 0.717) is 17.3 Å². The van der Waals surface area contributed by atoms with Gasteiger partial charge in [0.1, 0.15) is 6.04 Å². The number of benzene rings is 3. The number of carbonyl (C=O) groups excluding carboxylic acids is 1. The standard InChI is InChI=1S/C24H23N3O2/c1-24(2,3)20(23-26-21(27-29-23)17-11-5-4-6-12-17)25-22(28)19-15-9-13-16-10-7-8-14-18(16)19/h4-15,20H,1-3H3,(H,25,28)/t20-/m1/s1. The van der Waals surface area contributed by atoms with Gasteiger partial charge in [0, 0.05) is 11.1 Å². The van der Waals surface area contributed by atoms with Gasteiger partial charge < -0.3 is 9.84 Å². The maximum atomic E-state index is 13.2. The summed E-state index contributed by atoms with van der Waals surface area (Å²) in [5.74, 6) is 0.736. The molecular weight excluding hydrogens is 362 g/mol. The minimum Gasteiger partial charge on any atom is -0.340 e. The van der Waals surface area contributed by atoms with Crippen LogP contribution in [0, 0.1) is 5.41 Å². The van der Waals surface area contributed by atoms with Crippen LogP contribution in [0.5, 0.6) is 0 Å².